The van der Waals surface area contributed by atoms with Crippen molar-refractivity contribution in [3.05, 3.63) is 34.3 Å². The van der Waals surface area contributed by atoms with Crippen LogP contribution in [-0.2, 0) is 6.54 Å². The third-order valence-corrected chi connectivity index (χ3v) is 5.64. The first kappa shape index (κ1) is 17.1. The highest BCUT2D eigenvalue weighted by molar-refractivity contribution is 7.09. The minimum absolute atomic E-state index is 0.179. The zero-order valence-corrected chi connectivity index (χ0v) is 15.9. The molecule has 2 heterocycles. The van der Waals surface area contributed by atoms with Crippen LogP contribution < -0.4 is 14.8 Å². The van der Waals surface area contributed by atoms with Crippen molar-refractivity contribution in [3.63, 3.8) is 0 Å². The smallest absolute Gasteiger partial charge is 0.321 e. The maximum absolute atomic E-state index is 12.4. The molecule has 1 aliphatic carbocycles. The maximum atomic E-state index is 12.4. The van der Waals surface area contributed by atoms with Crippen LogP contribution in [0.2, 0.25) is 0 Å². The molecule has 2 amide bonds. The second-order valence-electron chi connectivity index (χ2n) is 6.98. The van der Waals surface area contributed by atoms with E-state index in [2.05, 4.69) is 10.3 Å². The van der Waals surface area contributed by atoms with E-state index >= 15 is 0 Å². The van der Waals surface area contributed by atoms with Crippen LogP contribution in [0, 0.1) is 6.92 Å². The van der Waals surface area contributed by atoms with Crippen LogP contribution in [0.1, 0.15) is 42.8 Å². The van der Waals surface area contributed by atoms with E-state index < -0.39 is 5.79 Å². The van der Waals surface area contributed by atoms with Gasteiger partial charge in [-0.15, -0.1) is 11.3 Å². The predicted octanol–water partition coefficient (Wildman–Crippen LogP) is 4.55. The lowest BCUT2D eigenvalue weighted by Crippen LogP contribution is -2.40. The largest absolute Gasteiger partial charge is 0.448 e. The van der Waals surface area contributed by atoms with Crippen LogP contribution in [0.15, 0.2) is 23.6 Å². The number of aromatic nitrogens is 1. The number of thiazole rings is 1. The summed E-state index contributed by atoms with van der Waals surface area (Å²) in [6.45, 7) is 2.43. The molecule has 1 spiro atoms. The first-order chi connectivity index (χ1) is 12.5. The maximum Gasteiger partial charge on any atom is 0.321 e. The molecule has 1 aromatic heterocycles. The lowest BCUT2D eigenvalue weighted by Gasteiger charge is -2.31. The van der Waals surface area contributed by atoms with Gasteiger partial charge in [-0.1, -0.05) is 6.42 Å². The Bertz CT molecular complexity index is 814. The molecule has 0 saturated heterocycles. The average Bonchev–Trinajstić information content (AvgIpc) is 3.18. The first-order valence-corrected chi connectivity index (χ1v) is 9.86. The molecule has 1 aliphatic heterocycles. The SMILES string of the molecule is Cc1nc(CN(C)C(=O)Nc2ccc3c(c2)OC2(CCCCC2)O3)cs1. The van der Waals surface area contributed by atoms with Crippen molar-refractivity contribution in [2.45, 2.75) is 51.4 Å². The van der Waals surface area contributed by atoms with Crippen LogP contribution in [-0.4, -0.2) is 28.7 Å². The quantitative estimate of drug-likeness (QED) is 0.857. The summed E-state index contributed by atoms with van der Waals surface area (Å²) in [6, 6.07) is 5.39. The van der Waals surface area contributed by atoms with Gasteiger partial charge in [0.05, 0.1) is 17.2 Å². The molecule has 2 aliphatic rings. The fraction of sp³-hybridized carbons (Fsp3) is 0.474. The number of urea groups is 1. The van der Waals surface area contributed by atoms with Gasteiger partial charge in [-0.25, -0.2) is 9.78 Å². The standard InChI is InChI=1S/C19H23N3O3S/c1-13-20-15(12-26-13)11-22(2)18(23)21-14-6-7-16-17(10-14)25-19(24-16)8-4-3-5-9-19/h6-7,10,12H,3-5,8-9,11H2,1-2H3,(H,21,23). The molecule has 7 heteroatoms. The molecule has 26 heavy (non-hydrogen) atoms. The molecule has 1 N–H and O–H groups in total. The van der Waals surface area contributed by atoms with Crippen molar-refractivity contribution < 1.29 is 14.3 Å². The summed E-state index contributed by atoms with van der Waals surface area (Å²) in [4.78, 5) is 18.4. The molecular formula is C19H23N3O3S. The Morgan fingerprint density at radius 1 is 1.27 bits per heavy atom. The van der Waals surface area contributed by atoms with Crippen LogP contribution in [0.25, 0.3) is 0 Å². The minimum Gasteiger partial charge on any atom is -0.448 e. The normalized spacial score (nSPS) is 17.3. The zero-order valence-electron chi connectivity index (χ0n) is 15.1. The van der Waals surface area contributed by atoms with Gasteiger partial charge in [-0.05, 0) is 31.9 Å². The van der Waals surface area contributed by atoms with Crippen molar-refractivity contribution in [1.82, 2.24) is 9.88 Å². The molecule has 138 valence electrons. The van der Waals surface area contributed by atoms with Gasteiger partial charge in [-0.3, -0.25) is 0 Å². The number of benzene rings is 1. The molecule has 6 nitrogen and oxygen atoms in total. The van der Waals surface area contributed by atoms with Gasteiger partial charge in [0.15, 0.2) is 11.5 Å². The fourth-order valence-electron chi connectivity index (χ4n) is 3.48. The fourth-order valence-corrected chi connectivity index (χ4v) is 4.08. The molecule has 0 radical (unpaired) electrons. The van der Waals surface area contributed by atoms with E-state index in [1.54, 1.807) is 23.3 Å². The summed E-state index contributed by atoms with van der Waals surface area (Å²) in [5, 5.41) is 5.89. The summed E-state index contributed by atoms with van der Waals surface area (Å²) in [7, 11) is 1.76. The van der Waals surface area contributed by atoms with Gasteiger partial charge in [0.2, 0.25) is 0 Å². The second-order valence-corrected chi connectivity index (χ2v) is 8.04. The Morgan fingerprint density at radius 2 is 2.04 bits per heavy atom. The molecule has 2 aromatic rings. The summed E-state index contributed by atoms with van der Waals surface area (Å²) in [5.74, 6) is 0.973. The van der Waals surface area contributed by atoms with Gasteiger partial charge in [0, 0.05) is 37.0 Å². The second kappa shape index (κ2) is 6.79. The number of fused-ring (bicyclic) bond motifs is 1. The van der Waals surface area contributed by atoms with E-state index in [1.165, 1.54) is 6.42 Å². The van der Waals surface area contributed by atoms with E-state index in [9.17, 15) is 4.79 Å². The van der Waals surface area contributed by atoms with Gasteiger partial charge in [-0.2, -0.15) is 0 Å². The van der Waals surface area contributed by atoms with Crippen molar-refractivity contribution in [3.8, 4) is 11.5 Å². The molecule has 1 saturated carbocycles. The lowest BCUT2D eigenvalue weighted by atomic mass is 9.94. The van der Waals surface area contributed by atoms with Crippen molar-refractivity contribution in [2.75, 3.05) is 12.4 Å². The van der Waals surface area contributed by atoms with Crippen molar-refractivity contribution in [1.29, 1.82) is 0 Å². The predicted molar refractivity (Wildman–Crippen MR) is 101 cm³/mol. The molecule has 0 unspecified atom stereocenters. The number of rotatable bonds is 3. The molecule has 1 aromatic carbocycles. The number of anilines is 1. The highest BCUT2D eigenvalue weighted by Crippen LogP contribution is 2.46. The topological polar surface area (TPSA) is 63.7 Å². The van der Waals surface area contributed by atoms with E-state index in [1.807, 2.05) is 30.5 Å². The minimum atomic E-state index is -0.498. The summed E-state index contributed by atoms with van der Waals surface area (Å²) >= 11 is 1.59. The Hall–Kier alpha value is -2.28. The number of hydrogen-bond acceptors (Lipinski definition) is 5. The summed E-state index contributed by atoms with van der Waals surface area (Å²) in [6.07, 6.45) is 5.31. The van der Waals surface area contributed by atoms with E-state index in [0.717, 1.165) is 42.1 Å². The van der Waals surface area contributed by atoms with Crippen LogP contribution in [0.4, 0.5) is 10.5 Å². The average molecular weight is 373 g/mol. The number of ether oxygens (including phenoxy) is 2. The highest BCUT2D eigenvalue weighted by Gasteiger charge is 2.42. The molecule has 0 atom stereocenters. The van der Waals surface area contributed by atoms with Gasteiger partial charge in [0.25, 0.3) is 5.79 Å². The van der Waals surface area contributed by atoms with Gasteiger partial charge < -0.3 is 19.7 Å². The van der Waals surface area contributed by atoms with Crippen molar-refractivity contribution >= 4 is 23.1 Å². The highest BCUT2D eigenvalue weighted by atomic mass is 32.1. The number of amides is 2. The van der Waals surface area contributed by atoms with Crippen LogP contribution in [0.5, 0.6) is 11.5 Å². The number of aryl methyl sites for hydroxylation is 1. The molecule has 0 bridgehead atoms. The Labute approximate surface area is 157 Å². The lowest BCUT2D eigenvalue weighted by molar-refractivity contribution is -0.105. The van der Waals surface area contributed by atoms with E-state index in [-0.39, 0.29) is 6.03 Å². The molecular weight excluding hydrogens is 350 g/mol. The third kappa shape index (κ3) is 3.49. The zero-order chi connectivity index (χ0) is 18.1. The number of carbonyl (C=O) groups is 1. The molecule has 1 fully saturated rings. The Balaban J connectivity index is 1.40. The summed E-state index contributed by atoms with van der Waals surface area (Å²) < 4.78 is 12.2. The number of nitrogens with one attached hydrogen (secondary N) is 1. The first-order valence-electron chi connectivity index (χ1n) is 8.98. The number of nitrogens with zero attached hydrogens (tertiary/aromatic N) is 2. The summed E-state index contributed by atoms with van der Waals surface area (Å²) in [5.41, 5.74) is 1.60. The number of hydrogen-bond donors (Lipinski definition) is 1. The van der Waals surface area contributed by atoms with E-state index in [4.69, 9.17) is 9.47 Å². The number of carbonyl (C=O) groups excluding carboxylic acids is 1. The third-order valence-electron chi connectivity index (χ3n) is 4.81. The van der Waals surface area contributed by atoms with Gasteiger partial charge >= 0.3 is 6.03 Å². The Morgan fingerprint density at radius 3 is 2.77 bits per heavy atom. The van der Waals surface area contributed by atoms with Crippen LogP contribution in [0.3, 0.4) is 0 Å². The molecule has 4 rings (SSSR count). The monoisotopic (exact) mass is 373 g/mol. The van der Waals surface area contributed by atoms with Crippen molar-refractivity contribution in [2.24, 2.45) is 0 Å². The van der Waals surface area contributed by atoms with Crippen LogP contribution >= 0.6 is 11.3 Å². The van der Waals surface area contributed by atoms with E-state index in [0.29, 0.717) is 18.0 Å². The van der Waals surface area contributed by atoms with Gasteiger partial charge in [0.1, 0.15) is 0 Å². The Kier molecular flexibility index (Phi) is 4.48.